The zero-order chi connectivity index (χ0) is 34.5. The molecule has 0 atom stereocenters. The predicted octanol–water partition coefficient (Wildman–Crippen LogP) is 6.62. The molecule has 0 bridgehead atoms. The second-order valence-electron chi connectivity index (χ2n) is 13.8. The summed E-state index contributed by atoms with van der Waals surface area (Å²) in [5.41, 5.74) is 7.09. The largest absolute Gasteiger partial charge is 0.391 e. The van der Waals surface area contributed by atoms with Gasteiger partial charge in [-0.2, -0.15) is 10.4 Å². The number of rotatable bonds is 8. The molecule has 6 aromatic rings. The fourth-order valence-electron chi connectivity index (χ4n) is 7.84. The van der Waals surface area contributed by atoms with Crippen molar-refractivity contribution in [1.29, 1.82) is 5.26 Å². The topological polar surface area (TPSA) is 112 Å². The molecule has 0 saturated heterocycles. The van der Waals surface area contributed by atoms with Gasteiger partial charge in [-0.3, -0.25) is 9.69 Å². The number of carbonyl (C=O) groups is 1. The standard InChI is InChI=1S/C41H37N7O2/c1-40(2)23-28-22-36-39(50)47(21-20-46(36)37(28)24-40)38-32(27-49)35(18-19-43-38)48-26-34(33(25-42)45-48)44-41(29-12-6-3-7-13-29,30-14-8-4-9-15-30)31-16-10-5-11-17-31/h3-19,22,26,44,49H,20-21,23-24,27H2,1-2H3. The summed E-state index contributed by atoms with van der Waals surface area (Å²) in [6, 6.07) is 36.5. The number of nitriles is 1. The van der Waals surface area contributed by atoms with E-state index in [2.05, 4.69) is 71.2 Å². The summed E-state index contributed by atoms with van der Waals surface area (Å²) in [4.78, 5) is 20.2. The third-order valence-corrected chi connectivity index (χ3v) is 10.1. The van der Waals surface area contributed by atoms with Crippen LogP contribution in [0.4, 0.5) is 11.5 Å². The molecule has 0 spiro atoms. The molecule has 3 aromatic heterocycles. The van der Waals surface area contributed by atoms with Crippen molar-refractivity contribution in [2.24, 2.45) is 5.41 Å². The molecule has 248 valence electrons. The van der Waals surface area contributed by atoms with Gasteiger partial charge < -0.3 is 15.0 Å². The molecule has 2 aliphatic rings. The highest BCUT2D eigenvalue weighted by Gasteiger charge is 2.39. The van der Waals surface area contributed by atoms with E-state index in [9.17, 15) is 15.2 Å². The SMILES string of the molecule is CC1(C)Cc2cc3n(c2C1)CCN(c1nccc(-n2cc(NC(c4ccccc4)(c4ccccc4)c4ccccc4)c(C#N)n2)c1CO)C3=O. The lowest BCUT2D eigenvalue weighted by Gasteiger charge is -2.37. The van der Waals surface area contributed by atoms with Gasteiger partial charge in [-0.1, -0.05) is 105 Å². The van der Waals surface area contributed by atoms with Crippen molar-refractivity contribution in [2.45, 2.75) is 45.4 Å². The number of anilines is 2. The van der Waals surface area contributed by atoms with Crippen LogP contribution < -0.4 is 10.2 Å². The van der Waals surface area contributed by atoms with E-state index < -0.39 is 5.54 Å². The van der Waals surface area contributed by atoms with E-state index in [1.54, 1.807) is 28.0 Å². The average Bonchev–Trinajstić information content (AvgIpc) is 3.81. The number of benzene rings is 3. The summed E-state index contributed by atoms with van der Waals surface area (Å²) in [6.45, 7) is 5.23. The van der Waals surface area contributed by atoms with Gasteiger partial charge in [-0.05, 0) is 52.6 Å². The van der Waals surface area contributed by atoms with Gasteiger partial charge in [0, 0.05) is 30.5 Å². The molecule has 0 radical (unpaired) electrons. The summed E-state index contributed by atoms with van der Waals surface area (Å²) in [5, 5.41) is 29.7. The number of fused-ring (bicyclic) bond motifs is 3. The van der Waals surface area contributed by atoms with Crippen molar-refractivity contribution in [3.63, 3.8) is 0 Å². The van der Waals surface area contributed by atoms with Gasteiger partial charge in [-0.15, -0.1) is 0 Å². The highest BCUT2D eigenvalue weighted by Crippen LogP contribution is 2.42. The Morgan fingerprint density at radius 3 is 2.10 bits per heavy atom. The second-order valence-corrected chi connectivity index (χ2v) is 13.8. The number of aliphatic hydroxyl groups is 1. The molecule has 1 amide bonds. The van der Waals surface area contributed by atoms with Crippen LogP contribution in [0, 0.1) is 16.7 Å². The van der Waals surface area contributed by atoms with E-state index in [1.807, 2.05) is 60.7 Å². The lowest BCUT2D eigenvalue weighted by atomic mass is 9.77. The first-order chi connectivity index (χ1) is 24.3. The molecular formula is C41H37N7O2. The van der Waals surface area contributed by atoms with E-state index in [0.29, 0.717) is 41.5 Å². The Balaban J connectivity index is 1.21. The summed E-state index contributed by atoms with van der Waals surface area (Å²) >= 11 is 0. The summed E-state index contributed by atoms with van der Waals surface area (Å²) in [6.07, 6.45) is 5.29. The maximum atomic E-state index is 14.0. The van der Waals surface area contributed by atoms with Crippen LogP contribution in [0.1, 0.15) is 63.5 Å². The van der Waals surface area contributed by atoms with E-state index in [1.165, 1.54) is 11.3 Å². The van der Waals surface area contributed by atoms with Crippen molar-refractivity contribution >= 4 is 17.4 Å². The molecule has 3 aromatic carbocycles. The van der Waals surface area contributed by atoms with Crippen LogP contribution in [-0.2, 0) is 31.5 Å². The Bertz CT molecular complexity index is 2150. The van der Waals surface area contributed by atoms with Crippen LogP contribution in [0.2, 0.25) is 0 Å². The smallest absolute Gasteiger partial charge is 0.276 e. The lowest BCUT2D eigenvalue weighted by molar-refractivity contribution is 0.0962. The Labute approximate surface area is 291 Å². The number of nitrogens with zero attached hydrogens (tertiary/aromatic N) is 6. The minimum absolute atomic E-state index is 0.137. The zero-order valence-electron chi connectivity index (χ0n) is 28.0. The van der Waals surface area contributed by atoms with Crippen LogP contribution >= 0.6 is 0 Å². The van der Waals surface area contributed by atoms with Crippen LogP contribution in [0.15, 0.2) is 116 Å². The van der Waals surface area contributed by atoms with Crippen LogP contribution in [0.3, 0.4) is 0 Å². The monoisotopic (exact) mass is 659 g/mol. The number of hydrogen-bond donors (Lipinski definition) is 2. The molecule has 8 rings (SSSR count). The highest BCUT2D eigenvalue weighted by molar-refractivity contribution is 6.06. The van der Waals surface area contributed by atoms with Crippen molar-refractivity contribution < 1.29 is 9.90 Å². The maximum Gasteiger partial charge on any atom is 0.276 e. The van der Waals surface area contributed by atoms with Crippen LogP contribution in [0.5, 0.6) is 0 Å². The Morgan fingerprint density at radius 1 is 0.900 bits per heavy atom. The van der Waals surface area contributed by atoms with Crippen molar-refractivity contribution in [3.8, 4) is 11.8 Å². The molecule has 2 N–H and O–H groups in total. The van der Waals surface area contributed by atoms with E-state index in [-0.39, 0.29) is 23.6 Å². The molecule has 0 unspecified atom stereocenters. The number of hydrogen-bond acceptors (Lipinski definition) is 6. The lowest BCUT2D eigenvalue weighted by Crippen LogP contribution is -2.41. The maximum absolute atomic E-state index is 14.0. The van der Waals surface area contributed by atoms with Gasteiger partial charge in [0.25, 0.3) is 5.91 Å². The van der Waals surface area contributed by atoms with Gasteiger partial charge in [0.1, 0.15) is 23.1 Å². The van der Waals surface area contributed by atoms with Crippen molar-refractivity contribution in [2.75, 3.05) is 16.8 Å². The molecular weight excluding hydrogens is 622 g/mol. The number of nitrogens with one attached hydrogen (secondary N) is 1. The van der Waals surface area contributed by atoms with E-state index in [0.717, 1.165) is 29.5 Å². The van der Waals surface area contributed by atoms with Crippen LogP contribution in [-0.4, -0.2) is 36.9 Å². The zero-order valence-corrected chi connectivity index (χ0v) is 28.0. The summed E-state index contributed by atoms with van der Waals surface area (Å²) in [7, 11) is 0. The molecule has 50 heavy (non-hydrogen) atoms. The van der Waals surface area contributed by atoms with Crippen molar-refractivity contribution in [1.82, 2.24) is 19.3 Å². The van der Waals surface area contributed by atoms with Gasteiger partial charge in [0.15, 0.2) is 5.69 Å². The summed E-state index contributed by atoms with van der Waals surface area (Å²) in [5.74, 6) is 0.250. The molecule has 9 heteroatoms. The quantitative estimate of drug-likeness (QED) is 0.178. The normalized spacial score (nSPS) is 15.0. The third kappa shape index (κ3) is 5.08. The van der Waals surface area contributed by atoms with Gasteiger partial charge in [-0.25, -0.2) is 9.67 Å². The molecule has 1 aliphatic heterocycles. The molecule has 4 heterocycles. The first-order valence-corrected chi connectivity index (χ1v) is 16.9. The van der Waals surface area contributed by atoms with Gasteiger partial charge in [0.2, 0.25) is 0 Å². The molecule has 0 fully saturated rings. The fourth-order valence-corrected chi connectivity index (χ4v) is 7.84. The number of aromatic nitrogens is 4. The van der Waals surface area contributed by atoms with Crippen molar-refractivity contribution in [3.05, 3.63) is 160 Å². The second kappa shape index (κ2) is 12.2. The minimum Gasteiger partial charge on any atom is -0.391 e. The Morgan fingerprint density at radius 2 is 1.52 bits per heavy atom. The number of pyridine rings is 1. The number of aliphatic hydroxyl groups excluding tert-OH is 1. The predicted molar refractivity (Wildman–Crippen MR) is 192 cm³/mol. The molecule has 9 nitrogen and oxygen atoms in total. The fraction of sp³-hybridized carbons (Fsp3) is 0.220. The van der Waals surface area contributed by atoms with Crippen LogP contribution in [0.25, 0.3) is 5.69 Å². The number of amides is 1. The third-order valence-electron chi connectivity index (χ3n) is 10.1. The van der Waals surface area contributed by atoms with Gasteiger partial charge in [0.05, 0.1) is 24.2 Å². The molecule has 0 saturated carbocycles. The summed E-state index contributed by atoms with van der Waals surface area (Å²) < 4.78 is 3.76. The Hall–Kier alpha value is -5.98. The average molecular weight is 660 g/mol. The molecule has 1 aliphatic carbocycles. The first-order valence-electron chi connectivity index (χ1n) is 16.9. The van der Waals surface area contributed by atoms with E-state index in [4.69, 9.17) is 5.10 Å². The van der Waals surface area contributed by atoms with Gasteiger partial charge >= 0.3 is 0 Å². The Kier molecular flexibility index (Phi) is 7.61. The first kappa shape index (κ1) is 31.3. The van der Waals surface area contributed by atoms with E-state index >= 15 is 0 Å². The number of carbonyl (C=O) groups excluding carboxylic acids is 1. The highest BCUT2D eigenvalue weighted by atomic mass is 16.3. The minimum atomic E-state index is -0.878.